The van der Waals surface area contributed by atoms with E-state index in [0.29, 0.717) is 17.2 Å². The summed E-state index contributed by atoms with van der Waals surface area (Å²) in [5, 5.41) is 9.12. The molecule has 0 unspecified atom stereocenters. The predicted molar refractivity (Wildman–Crippen MR) is 77.9 cm³/mol. The van der Waals surface area contributed by atoms with Crippen LogP contribution in [0.5, 0.6) is 17.2 Å². The monoisotopic (exact) mass is 322 g/mol. The van der Waals surface area contributed by atoms with E-state index in [4.69, 9.17) is 14.6 Å². The maximum Gasteiger partial charge on any atom is 0.169 e. The Bertz CT molecular complexity index is 582. The topological polar surface area (TPSA) is 38.7 Å². The maximum absolute atomic E-state index is 9.12. The Kier molecular flexibility index (Phi) is 4.45. The number of halogens is 1. The molecule has 1 N–H and O–H groups in total. The van der Waals surface area contributed by atoms with E-state index in [-0.39, 0.29) is 6.61 Å². The van der Waals surface area contributed by atoms with Crippen LogP contribution in [0.25, 0.3) is 0 Å². The van der Waals surface area contributed by atoms with Crippen molar-refractivity contribution in [1.29, 1.82) is 0 Å². The number of aliphatic hydroxyl groups is 1. The minimum Gasteiger partial charge on any atom is -0.493 e. The Morgan fingerprint density at radius 3 is 2.53 bits per heavy atom. The summed E-state index contributed by atoms with van der Waals surface area (Å²) in [6.45, 7) is 1.99. The SMILES string of the molecule is COc1cc(C)ccc1Oc1ccc(CO)c(Br)c1. The molecule has 0 aliphatic carbocycles. The molecule has 0 atom stereocenters. The number of ether oxygens (including phenoxy) is 2. The molecular formula is C15H15BrO3. The van der Waals surface area contributed by atoms with Crippen molar-refractivity contribution < 1.29 is 14.6 Å². The number of aliphatic hydroxyl groups excluding tert-OH is 1. The fourth-order valence-electron chi connectivity index (χ4n) is 1.71. The third-order valence-electron chi connectivity index (χ3n) is 2.74. The summed E-state index contributed by atoms with van der Waals surface area (Å²) in [5.41, 5.74) is 1.93. The summed E-state index contributed by atoms with van der Waals surface area (Å²) in [4.78, 5) is 0. The number of rotatable bonds is 4. The van der Waals surface area contributed by atoms with Crippen molar-refractivity contribution in [2.45, 2.75) is 13.5 Å². The van der Waals surface area contributed by atoms with Gasteiger partial charge in [-0.05, 0) is 42.3 Å². The van der Waals surface area contributed by atoms with Gasteiger partial charge in [0, 0.05) is 4.47 Å². The molecule has 3 nitrogen and oxygen atoms in total. The molecule has 2 aromatic carbocycles. The van der Waals surface area contributed by atoms with Crippen molar-refractivity contribution in [2.24, 2.45) is 0 Å². The van der Waals surface area contributed by atoms with Crippen LogP contribution in [-0.4, -0.2) is 12.2 Å². The van der Waals surface area contributed by atoms with E-state index in [1.807, 2.05) is 43.3 Å². The quantitative estimate of drug-likeness (QED) is 0.922. The first-order valence-corrected chi connectivity index (χ1v) is 6.65. The van der Waals surface area contributed by atoms with E-state index in [0.717, 1.165) is 15.6 Å². The molecule has 0 spiro atoms. The largest absolute Gasteiger partial charge is 0.493 e. The van der Waals surface area contributed by atoms with Crippen LogP contribution < -0.4 is 9.47 Å². The lowest BCUT2D eigenvalue weighted by Gasteiger charge is -2.12. The lowest BCUT2D eigenvalue weighted by molar-refractivity contribution is 0.281. The first-order valence-electron chi connectivity index (χ1n) is 5.86. The second kappa shape index (κ2) is 6.08. The van der Waals surface area contributed by atoms with Crippen LogP contribution in [0, 0.1) is 6.92 Å². The molecule has 0 radical (unpaired) electrons. The number of benzene rings is 2. The number of hydrogen-bond acceptors (Lipinski definition) is 3. The molecule has 0 aromatic heterocycles. The zero-order chi connectivity index (χ0) is 13.8. The standard InChI is InChI=1S/C15H15BrO3/c1-10-3-6-14(15(7-10)18-2)19-12-5-4-11(9-17)13(16)8-12/h3-8,17H,9H2,1-2H3. The van der Waals surface area contributed by atoms with E-state index in [2.05, 4.69) is 15.9 Å². The van der Waals surface area contributed by atoms with Crippen molar-refractivity contribution in [3.8, 4) is 17.2 Å². The third-order valence-corrected chi connectivity index (χ3v) is 3.48. The first kappa shape index (κ1) is 13.9. The van der Waals surface area contributed by atoms with Crippen LogP contribution in [0.2, 0.25) is 0 Å². The molecule has 19 heavy (non-hydrogen) atoms. The van der Waals surface area contributed by atoms with Crippen molar-refractivity contribution in [2.75, 3.05) is 7.11 Å². The zero-order valence-corrected chi connectivity index (χ0v) is 12.4. The second-order valence-electron chi connectivity index (χ2n) is 4.17. The van der Waals surface area contributed by atoms with E-state index >= 15 is 0 Å². The van der Waals surface area contributed by atoms with Gasteiger partial charge in [-0.25, -0.2) is 0 Å². The van der Waals surface area contributed by atoms with E-state index in [1.165, 1.54) is 0 Å². The smallest absolute Gasteiger partial charge is 0.169 e. The summed E-state index contributed by atoms with van der Waals surface area (Å²) < 4.78 is 11.9. The molecule has 0 heterocycles. The summed E-state index contributed by atoms with van der Waals surface area (Å²) in [6.07, 6.45) is 0. The average molecular weight is 323 g/mol. The summed E-state index contributed by atoms with van der Waals surface area (Å²) in [5.74, 6) is 2.05. The molecule has 4 heteroatoms. The lowest BCUT2D eigenvalue weighted by atomic mass is 10.2. The summed E-state index contributed by atoms with van der Waals surface area (Å²) in [6, 6.07) is 11.2. The fourth-order valence-corrected chi connectivity index (χ4v) is 2.19. The Hall–Kier alpha value is -1.52. The molecule has 0 aliphatic rings. The molecule has 0 saturated carbocycles. The molecule has 2 aromatic rings. The maximum atomic E-state index is 9.12. The molecule has 0 bridgehead atoms. The highest BCUT2D eigenvalue weighted by Gasteiger charge is 2.07. The minimum atomic E-state index is -0.00524. The molecule has 0 amide bonds. The van der Waals surface area contributed by atoms with Crippen LogP contribution >= 0.6 is 15.9 Å². The van der Waals surface area contributed by atoms with Gasteiger partial charge >= 0.3 is 0 Å². The number of methoxy groups -OCH3 is 1. The van der Waals surface area contributed by atoms with Gasteiger partial charge in [0.15, 0.2) is 11.5 Å². The Morgan fingerprint density at radius 2 is 1.89 bits per heavy atom. The van der Waals surface area contributed by atoms with Gasteiger partial charge in [0.2, 0.25) is 0 Å². The predicted octanol–water partition coefficient (Wildman–Crippen LogP) is 4.05. The number of hydrogen-bond donors (Lipinski definition) is 1. The normalized spacial score (nSPS) is 10.3. The molecule has 0 aliphatic heterocycles. The second-order valence-corrected chi connectivity index (χ2v) is 5.02. The summed E-state index contributed by atoms with van der Waals surface area (Å²) >= 11 is 3.40. The van der Waals surface area contributed by atoms with Crippen LogP contribution in [0.1, 0.15) is 11.1 Å². The van der Waals surface area contributed by atoms with Crippen molar-refractivity contribution in [3.05, 3.63) is 52.0 Å². The Morgan fingerprint density at radius 1 is 1.11 bits per heavy atom. The van der Waals surface area contributed by atoms with Gasteiger partial charge in [-0.3, -0.25) is 0 Å². The molecule has 0 fully saturated rings. The Labute approximate surface area is 120 Å². The van der Waals surface area contributed by atoms with E-state index in [9.17, 15) is 0 Å². The first-order chi connectivity index (χ1) is 9.13. The van der Waals surface area contributed by atoms with Gasteiger partial charge in [0.05, 0.1) is 13.7 Å². The molecule has 0 saturated heterocycles. The third kappa shape index (κ3) is 3.28. The Balaban J connectivity index is 2.28. The average Bonchev–Trinajstić information content (AvgIpc) is 2.41. The van der Waals surface area contributed by atoms with Gasteiger partial charge in [-0.15, -0.1) is 0 Å². The molecule has 2 rings (SSSR count). The van der Waals surface area contributed by atoms with E-state index in [1.54, 1.807) is 7.11 Å². The highest BCUT2D eigenvalue weighted by molar-refractivity contribution is 9.10. The van der Waals surface area contributed by atoms with Crippen molar-refractivity contribution in [3.63, 3.8) is 0 Å². The van der Waals surface area contributed by atoms with Crippen LogP contribution in [0.15, 0.2) is 40.9 Å². The van der Waals surface area contributed by atoms with Gasteiger partial charge in [-0.1, -0.05) is 28.1 Å². The minimum absolute atomic E-state index is 0.00524. The highest BCUT2D eigenvalue weighted by Crippen LogP contribution is 2.33. The number of aryl methyl sites for hydroxylation is 1. The van der Waals surface area contributed by atoms with Crippen LogP contribution in [-0.2, 0) is 6.61 Å². The van der Waals surface area contributed by atoms with Gasteiger partial charge in [-0.2, -0.15) is 0 Å². The van der Waals surface area contributed by atoms with E-state index < -0.39 is 0 Å². The molecular weight excluding hydrogens is 308 g/mol. The lowest BCUT2D eigenvalue weighted by Crippen LogP contribution is -1.92. The molecule has 100 valence electrons. The summed E-state index contributed by atoms with van der Waals surface area (Å²) in [7, 11) is 1.62. The van der Waals surface area contributed by atoms with Crippen molar-refractivity contribution >= 4 is 15.9 Å². The zero-order valence-electron chi connectivity index (χ0n) is 10.8. The van der Waals surface area contributed by atoms with Crippen molar-refractivity contribution in [1.82, 2.24) is 0 Å². The van der Waals surface area contributed by atoms with Gasteiger partial charge in [0.1, 0.15) is 5.75 Å². The van der Waals surface area contributed by atoms with Gasteiger partial charge < -0.3 is 14.6 Å². The van der Waals surface area contributed by atoms with Gasteiger partial charge in [0.25, 0.3) is 0 Å². The fraction of sp³-hybridized carbons (Fsp3) is 0.200. The van der Waals surface area contributed by atoms with Crippen LogP contribution in [0.3, 0.4) is 0 Å². The highest BCUT2D eigenvalue weighted by atomic mass is 79.9. The van der Waals surface area contributed by atoms with Crippen LogP contribution in [0.4, 0.5) is 0 Å².